The highest BCUT2D eigenvalue weighted by atomic mass is 35.5. The summed E-state index contributed by atoms with van der Waals surface area (Å²) < 4.78 is 6.12. The van der Waals surface area contributed by atoms with Crippen molar-refractivity contribution < 1.29 is 14.5 Å². The van der Waals surface area contributed by atoms with Gasteiger partial charge in [-0.15, -0.1) is 11.3 Å². The van der Waals surface area contributed by atoms with Crippen LogP contribution >= 0.6 is 22.9 Å². The van der Waals surface area contributed by atoms with E-state index in [0.29, 0.717) is 27.7 Å². The maximum absolute atomic E-state index is 12.5. The van der Waals surface area contributed by atoms with E-state index in [2.05, 4.69) is 5.32 Å². The molecule has 1 amide bonds. The molecule has 0 unspecified atom stereocenters. The zero-order chi connectivity index (χ0) is 16.0. The minimum atomic E-state index is -0.935. The van der Waals surface area contributed by atoms with Crippen molar-refractivity contribution in [2.75, 3.05) is 5.32 Å². The van der Waals surface area contributed by atoms with Crippen LogP contribution in [0.1, 0.15) is 15.2 Å². The van der Waals surface area contributed by atoms with Crippen molar-refractivity contribution in [1.29, 1.82) is 0 Å². The van der Waals surface area contributed by atoms with Gasteiger partial charge in [0.1, 0.15) is 4.88 Å². The Labute approximate surface area is 141 Å². The lowest BCUT2D eigenvalue weighted by atomic mass is 9.79. The molecule has 114 valence electrons. The maximum Gasteiger partial charge on any atom is 0.491 e. The summed E-state index contributed by atoms with van der Waals surface area (Å²) in [7, 11) is -0.935. The Morgan fingerprint density at radius 1 is 1.30 bits per heavy atom. The largest absolute Gasteiger partial charge is 0.491 e. The molecule has 0 saturated carbocycles. The quantitative estimate of drug-likeness (QED) is 0.703. The third-order valence-electron chi connectivity index (χ3n) is 3.81. The molecule has 0 saturated heterocycles. The van der Waals surface area contributed by atoms with E-state index >= 15 is 0 Å². The number of nitrogens with one attached hydrogen (secondary N) is 1. The van der Waals surface area contributed by atoms with Gasteiger partial charge >= 0.3 is 7.12 Å². The lowest BCUT2D eigenvalue weighted by Gasteiger charge is -2.06. The van der Waals surface area contributed by atoms with E-state index < -0.39 is 7.12 Å². The number of carbonyl (C=O) groups excluding carboxylic acids is 1. The molecule has 1 aliphatic heterocycles. The van der Waals surface area contributed by atoms with Crippen LogP contribution in [0.5, 0.6) is 0 Å². The summed E-state index contributed by atoms with van der Waals surface area (Å²) in [6.45, 7) is 0.382. The van der Waals surface area contributed by atoms with Crippen molar-refractivity contribution in [3.05, 3.63) is 57.9 Å². The second kappa shape index (κ2) is 5.65. The number of benzene rings is 2. The average Bonchev–Trinajstić information content (AvgIpc) is 3.09. The fourth-order valence-electron chi connectivity index (χ4n) is 2.64. The number of hydrogen-bond donors (Lipinski definition) is 2. The van der Waals surface area contributed by atoms with Crippen LogP contribution in [0.2, 0.25) is 5.02 Å². The Bertz CT molecular complexity index is 927. The predicted molar refractivity (Wildman–Crippen MR) is 93.6 cm³/mol. The highest BCUT2D eigenvalue weighted by Gasteiger charge is 2.27. The summed E-state index contributed by atoms with van der Waals surface area (Å²) in [5.74, 6) is -0.260. The van der Waals surface area contributed by atoms with E-state index in [1.165, 1.54) is 11.3 Å². The first-order chi connectivity index (χ1) is 11.1. The Balaban J connectivity index is 1.65. The molecule has 0 fully saturated rings. The molecule has 2 aromatic carbocycles. The monoisotopic (exact) mass is 343 g/mol. The van der Waals surface area contributed by atoms with E-state index in [1.807, 2.05) is 30.3 Å². The standard InChI is InChI=1S/C16H11BClNO3S/c18-14-11-3-1-2-4-13(11)23-15(14)16(20)19-10-6-5-9-8-22-17(21)12(9)7-10/h1-7,21H,8H2,(H,19,20). The highest BCUT2D eigenvalue weighted by molar-refractivity contribution is 7.21. The number of anilines is 1. The third kappa shape index (κ3) is 2.54. The molecule has 0 atom stereocenters. The third-order valence-corrected chi connectivity index (χ3v) is 5.48. The Kier molecular flexibility index (Phi) is 3.62. The number of fused-ring (bicyclic) bond motifs is 2. The molecular formula is C16H11BClNO3S. The van der Waals surface area contributed by atoms with Gasteiger partial charge in [-0.1, -0.05) is 35.9 Å². The lowest BCUT2D eigenvalue weighted by Crippen LogP contribution is -2.28. The van der Waals surface area contributed by atoms with Crippen LogP contribution in [0.4, 0.5) is 5.69 Å². The van der Waals surface area contributed by atoms with E-state index in [9.17, 15) is 9.82 Å². The second-order valence-electron chi connectivity index (χ2n) is 5.27. The van der Waals surface area contributed by atoms with Crippen LogP contribution in [-0.4, -0.2) is 18.0 Å². The summed E-state index contributed by atoms with van der Waals surface area (Å²) in [6.07, 6.45) is 0. The van der Waals surface area contributed by atoms with Crippen molar-refractivity contribution in [2.24, 2.45) is 0 Å². The fraction of sp³-hybridized carbons (Fsp3) is 0.0625. The van der Waals surface area contributed by atoms with Gasteiger partial charge in [-0.25, -0.2) is 0 Å². The predicted octanol–water partition coefficient (Wildman–Crippen LogP) is 3.02. The first-order valence-corrected chi connectivity index (χ1v) is 8.24. The highest BCUT2D eigenvalue weighted by Crippen LogP contribution is 2.35. The summed E-state index contributed by atoms with van der Waals surface area (Å²) in [6, 6.07) is 13.0. The molecular weight excluding hydrogens is 333 g/mol. The van der Waals surface area contributed by atoms with E-state index in [0.717, 1.165) is 15.6 Å². The van der Waals surface area contributed by atoms with Crippen LogP contribution in [-0.2, 0) is 11.3 Å². The van der Waals surface area contributed by atoms with Crippen molar-refractivity contribution >= 4 is 57.2 Å². The molecule has 1 aliphatic rings. The molecule has 0 aliphatic carbocycles. The zero-order valence-corrected chi connectivity index (χ0v) is 13.4. The van der Waals surface area contributed by atoms with Crippen molar-refractivity contribution in [3.8, 4) is 0 Å². The van der Waals surface area contributed by atoms with E-state index in [1.54, 1.807) is 12.1 Å². The number of hydrogen-bond acceptors (Lipinski definition) is 4. The number of carbonyl (C=O) groups is 1. The summed E-state index contributed by atoms with van der Waals surface area (Å²) >= 11 is 7.68. The van der Waals surface area contributed by atoms with Crippen molar-refractivity contribution in [1.82, 2.24) is 0 Å². The van der Waals surface area contributed by atoms with Gasteiger partial charge in [0.25, 0.3) is 5.91 Å². The van der Waals surface area contributed by atoms with Gasteiger partial charge in [0, 0.05) is 15.8 Å². The van der Waals surface area contributed by atoms with Gasteiger partial charge in [0.15, 0.2) is 0 Å². The molecule has 3 aromatic rings. The molecule has 4 rings (SSSR count). The van der Waals surface area contributed by atoms with Gasteiger partial charge in [0.2, 0.25) is 0 Å². The molecule has 0 spiro atoms. The fourth-order valence-corrected chi connectivity index (χ4v) is 4.05. The van der Waals surface area contributed by atoms with Crippen LogP contribution in [0.25, 0.3) is 10.1 Å². The first-order valence-electron chi connectivity index (χ1n) is 7.04. The minimum Gasteiger partial charge on any atom is -0.423 e. The smallest absolute Gasteiger partial charge is 0.423 e. The van der Waals surface area contributed by atoms with Crippen LogP contribution in [0.3, 0.4) is 0 Å². The van der Waals surface area contributed by atoms with Gasteiger partial charge in [0.05, 0.1) is 11.6 Å². The van der Waals surface area contributed by atoms with Gasteiger partial charge < -0.3 is 15.0 Å². The molecule has 0 bridgehead atoms. The van der Waals surface area contributed by atoms with E-state index in [-0.39, 0.29) is 5.91 Å². The normalized spacial score (nSPS) is 13.4. The first kappa shape index (κ1) is 14.7. The number of rotatable bonds is 2. The SMILES string of the molecule is O=C(Nc1ccc2c(c1)B(O)OC2)c1sc2ccccc2c1Cl. The van der Waals surface area contributed by atoms with Crippen molar-refractivity contribution in [2.45, 2.75) is 6.61 Å². The Hall–Kier alpha value is -1.86. The molecule has 1 aromatic heterocycles. The summed E-state index contributed by atoms with van der Waals surface area (Å²) in [5.41, 5.74) is 2.22. The van der Waals surface area contributed by atoms with Gasteiger partial charge in [-0.05, 0) is 29.2 Å². The van der Waals surface area contributed by atoms with Gasteiger partial charge in [-0.3, -0.25) is 4.79 Å². The minimum absolute atomic E-state index is 0.260. The van der Waals surface area contributed by atoms with Crippen LogP contribution in [0.15, 0.2) is 42.5 Å². The summed E-state index contributed by atoms with van der Waals surface area (Å²) in [5, 5.41) is 13.9. The molecule has 2 heterocycles. The van der Waals surface area contributed by atoms with E-state index in [4.69, 9.17) is 16.3 Å². The number of halogens is 1. The molecule has 2 N–H and O–H groups in total. The molecule has 4 nitrogen and oxygen atoms in total. The molecule has 23 heavy (non-hydrogen) atoms. The molecule has 7 heteroatoms. The number of amides is 1. The zero-order valence-electron chi connectivity index (χ0n) is 11.9. The summed E-state index contributed by atoms with van der Waals surface area (Å²) in [4.78, 5) is 13.0. The number of thiophene rings is 1. The maximum atomic E-state index is 12.5. The van der Waals surface area contributed by atoms with Gasteiger partial charge in [-0.2, -0.15) is 0 Å². The average molecular weight is 344 g/mol. The lowest BCUT2D eigenvalue weighted by molar-refractivity contribution is 0.103. The van der Waals surface area contributed by atoms with Crippen LogP contribution in [0, 0.1) is 0 Å². The second-order valence-corrected chi connectivity index (χ2v) is 6.70. The Morgan fingerprint density at radius 3 is 2.96 bits per heavy atom. The Morgan fingerprint density at radius 2 is 2.13 bits per heavy atom. The topological polar surface area (TPSA) is 58.6 Å². The van der Waals surface area contributed by atoms with Crippen molar-refractivity contribution in [3.63, 3.8) is 0 Å². The van der Waals surface area contributed by atoms with Crippen LogP contribution < -0.4 is 10.8 Å². The molecule has 0 radical (unpaired) electrons.